The van der Waals surface area contributed by atoms with Crippen molar-refractivity contribution in [1.29, 1.82) is 0 Å². The molecule has 1 heterocycles. The molecular formula is C16H24O4. The zero-order valence-electron chi connectivity index (χ0n) is 11.9. The Morgan fingerprint density at radius 1 is 1.25 bits per heavy atom. The van der Waals surface area contributed by atoms with E-state index in [1.54, 1.807) is 0 Å². The van der Waals surface area contributed by atoms with Gasteiger partial charge in [0.25, 0.3) is 0 Å². The van der Waals surface area contributed by atoms with E-state index in [-0.39, 0.29) is 24.0 Å². The SMILES string of the molecule is C[C@H]1CCC/C=C/[C@@H]2C[C@H](O)C[C@H]2[C@H](O)/C=C\C(=O)O1. The maximum Gasteiger partial charge on any atom is 0.330 e. The van der Waals surface area contributed by atoms with Gasteiger partial charge in [-0.2, -0.15) is 0 Å². The maximum atomic E-state index is 11.6. The predicted octanol–water partition coefficient (Wildman–Crippen LogP) is 1.96. The van der Waals surface area contributed by atoms with Crippen LogP contribution in [0, 0.1) is 11.8 Å². The van der Waals surface area contributed by atoms with E-state index in [1.807, 2.05) is 6.92 Å². The molecule has 0 saturated heterocycles. The molecule has 2 N–H and O–H groups in total. The summed E-state index contributed by atoms with van der Waals surface area (Å²) in [5, 5.41) is 20.0. The second-order valence-electron chi connectivity index (χ2n) is 5.91. The Kier molecular flexibility index (Phi) is 5.38. The molecule has 1 saturated carbocycles. The van der Waals surface area contributed by atoms with Gasteiger partial charge in [-0.25, -0.2) is 4.79 Å². The van der Waals surface area contributed by atoms with E-state index in [2.05, 4.69) is 12.2 Å². The Morgan fingerprint density at radius 3 is 2.85 bits per heavy atom. The minimum absolute atomic E-state index is 0.0246. The van der Waals surface area contributed by atoms with E-state index in [0.29, 0.717) is 12.8 Å². The van der Waals surface area contributed by atoms with Crippen LogP contribution in [0.2, 0.25) is 0 Å². The van der Waals surface area contributed by atoms with Crippen LogP contribution < -0.4 is 0 Å². The van der Waals surface area contributed by atoms with E-state index >= 15 is 0 Å². The Morgan fingerprint density at radius 2 is 2.05 bits per heavy atom. The van der Waals surface area contributed by atoms with Gasteiger partial charge in [0.15, 0.2) is 0 Å². The number of aliphatic hydroxyl groups is 2. The number of carbonyl (C=O) groups excluding carboxylic acids is 1. The van der Waals surface area contributed by atoms with E-state index in [1.165, 1.54) is 12.2 Å². The third-order valence-corrected chi connectivity index (χ3v) is 4.19. The number of hydrogen-bond donors (Lipinski definition) is 2. The summed E-state index contributed by atoms with van der Waals surface area (Å²) in [5.41, 5.74) is 0. The van der Waals surface area contributed by atoms with Crippen LogP contribution in [0.15, 0.2) is 24.3 Å². The third kappa shape index (κ3) is 4.18. The third-order valence-electron chi connectivity index (χ3n) is 4.19. The van der Waals surface area contributed by atoms with Crippen LogP contribution >= 0.6 is 0 Å². The fourth-order valence-corrected chi connectivity index (χ4v) is 3.10. The number of aliphatic hydroxyl groups excluding tert-OH is 2. The summed E-state index contributed by atoms with van der Waals surface area (Å²) in [7, 11) is 0. The molecule has 4 nitrogen and oxygen atoms in total. The molecule has 2 aliphatic rings. The highest BCUT2D eigenvalue weighted by molar-refractivity contribution is 5.82. The molecular weight excluding hydrogens is 256 g/mol. The van der Waals surface area contributed by atoms with Gasteiger partial charge in [-0.3, -0.25) is 0 Å². The van der Waals surface area contributed by atoms with Crippen molar-refractivity contribution in [2.75, 3.05) is 0 Å². The highest BCUT2D eigenvalue weighted by Gasteiger charge is 2.35. The first-order valence-corrected chi connectivity index (χ1v) is 7.48. The lowest BCUT2D eigenvalue weighted by atomic mass is 9.90. The van der Waals surface area contributed by atoms with Crippen molar-refractivity contribution in [2.24, 2.45) is 11.8 Å². The van der Waals surface area contributed by atoms with Gasteiger partial charge in [-0.1, -0.05) is 12.2 Å². The predicted molar refractivity (Wildman–Crippen MR) is 75.9 cm³/mol. The van der Waals surface area contributed by atoms with Crippen molar-refractivity contribution >= 4 is 5.97 Å². The highest BCUT2D eigenvalue weighted by Crippen LogP contribution is 2.36. The summed E-state index contributed by atoms with van der Waals surface area (Å²) < 4.78 is 5.23. The van der Waals surface area contributed by atoms with E-state index in [4.69, 9.17) is 4.74 Å². The number of fused-ring (bicyclic) bond motifs is 1. The van der Waals surface area contributed by atoms with Crippen LogP contribution in [-0.4, -0.2) is 34.5 Å². The van der Waals surface area contributed by atoms with Crippen LogP contribution in [0.25, 0.3) is 0 Å². The lowest BCUT2D eigenvalue weighted by Gasteiger charge is -2.19. The molecule has 0 aromatic rings. The second kappa shape index (κ2) is 7.04. The van der Waals surface area contributed by atoms with Crippen molar-refractivity contribution in [3.05, 3.63) is 24.3 Å². The molecule has 2 rings (SSSR count). The molecule has 0 aromatic heterocycles. The first-order chi connectivity index (χ1) is 9.56. The van der Waals surface area contributed by atoms with E-state index in [0.717, 1.165) is 19.3 Å². The van der Waals surface area contributed by atoms with Crippen molar-refractivity contribution in [3.63, 3.8) is 0 Å². The average molecular weight is 280 g/mol. The molecule has 1 fully saturated rings. The van der Waals surface area contributed by atoms with Gasteiger partial charge < -0.3 is 14.9 Å². The average Bonchev–Trinajstić information content (AvgIpc) is 2.76. The van der Waals surface area contributed by atoms with Gasteiger partial charge in [-0.15, -0.1) is 0 Å². The monoisotopic (exact) mass is 280 g/mol. The number of rotatable bonds is 0. The van der Waals surface area contributed by atoms with Gasteiger partial charge in [0, 0.05) is 6.08 Å². The van der Waals surface area contributed by atoms with Crippen molar-refractivity contribution < 1.29 is 19.7 Å². The molecule has 5 atom stereocenters. The zero-order valence-corrected chi connectivity index (χ0v) is 11.9. The summed E-state index contributed by atoms with van der Waals surface area (Å²) in [4.78, 5) is 11.6. The van der Waals surface area contributed by atoms with E-state index < -0.39 is 12.1 Å². The first kappa shape index (κ1) is 15.3. The van der Waals surface area contributed by atoms with Gasteiger partial charge in [-0.05, 0) is 56.9 Å². The molecule has 1 aliphatic carbocycles. The number of carbonyl (C=O) groups is 1. The second-order valence-corrected chi connectivity index (χ2v) is 5.91. The van der Waals surface area contributed by atoms with Crippen LogP contribution in [0.4, 0.5) is 0 Å². The molecule has 0 unspecified atom stereocenters. The highest BCUT2D eigenvalue weighted by atomic mass is 16.5. The summed E-state index contributed by atoms with van der Waals surface area (Å²) in [6, 6.07) is 0. The normalized spacial score (nSPS) is 42.5. The molecule has 112 valence electrons. The Bertz CT molecular complexity index is 388. The Balaban J connectivity index is 2.11. The van der Waals surface area contributed by atoms with E-state index in [9.17, 15) is 15.0 Å². The summed E-state index contributed by atoms with van der Waals surface area (Å²) >= 11 is 0. The fraction of sp³-hybridized carbons (Fsp3) is 0.688. The molecule has 20 heavy (non-hydrogen) atoms. The standard InChI is InChI=1S/C16H24O4/c1-11-5-3-2-4-6-12-9-13(17)10-14(12)15(18)7-8-16(19)20-11/h4,6-8,11-15,17-18H,2-3,5,9-10H2,1H3/b6-4+,8-7-/t11-,12+,13-,14+,15+/m0/s1. The minimum Gasteiger partial charge on any atom is -0.460 e. The van der Waals surface area contributed by atoms with Gasteiger partial charge >= 0.3 is 5.97 Å². The fourth-order valence-electron chi connectivity index (χ4n) is 3.10. The lowest BCUT2D eigenvalue weighted by Crippen LogP contribution is -2.21. The summed E-state index contributed by atoms with van der Waals surface area (Å²) in [6.45, 7) is 1.89. The number of esters is 1. The van der Waals surface area contributed by atoms with Gasteiger partial charge in [0.2, 0.25) is 0 Å². The minimum atomic E-state index is -0.717. The number of ether oxygens (including phenoxy) is 1. The van der Waals surface area contributed by atoms with Crippen LogP contribution in [-0.2, 0) is 9.53 Å². The quantitative estimate of drug-likeness (QED) is 0.526. The van der Waals surface area contributed by atoms with Crippen LogP contribution in [0.5, 0.6) is 0 Å². The molecule has 0 bridgehead atoms. The van der Waals surface area contributed by atoms with Crippen molar-refractivity contribution in [2.45, 2.75) is 57.3 Å². The molecule has 0 amide bonds. The first-order valence-electron chi connectivity index (χ1n) is 7.48. The molecule has 1 aliphatic heterocycles. The topological polar surface area (TPSA) is 66.8 Å². The molecule has 0 aromatic carbocycles. The Hall–Kier alpha value is -1.13. The summed E-state index contributed by atoms with van der Waals surface area (Å²) in [6.07, 6.45) is 9.87. The summed E-state index contributed by atoms with van der Waals surface area (Å²) in [5.74, 6) is -0.249. The Labute approximate surface area is 120 Å². The van der Waals surface area contributed by atoms with Gasteiger partial charge in [0.05, 0.1) is 18.3 Å². The molecule has 4 heteroatoms. The lowest BCUT2D eigenvalue weighted by molar-refractivity contribution is -0.142. The molecule has 0 radical (unpaired) electrons. The smallest absolute Gasteiger partial charge is 0.330 e. The van der Waals surface area contributed by atoms with Gasteiger partial charge in [0.1, 0.15) is 0 Å². The van der Waals surface area contributed by atoms with Crippen LogP contribution in [0.1, 0.15) is 39.0 Å². The zero-order chi connectivity index (χ0) is 14.5. The number of allylic oxidation sites excluding steroid dienone is 2. The number of hydrogen-bond acceptors (Lipinski definition) is 4. The van der Waals surface area contributed by atoms with Crippen molar-refractivity contribution in [3.8, 4) is 0 Å². The largest absolute Gasteiger partial charge is 0.460 e. The van der Waals surface area contributed by atoms with Crippen molar-refractivity contribution in [1.82, 2.24) is 0 Å². The molecule has 0 spiro atoms. The van der Waals surface area contributed by atoms with Crippen LogP contribution in [0.3, 0.4) is 0 Å². The maximum absolute atomic E-state index is 11.6. The number of cyclic esters (lactones) is 1.